The lowest BCUT2D eigenvalue weighted by atomic mass is 10.0. The van der Waals surface area contributed by atoms with Crippen LogP contribution in [0, 0.1) is 5.82 Å². The van der Waals surface area contributed by atoms with E-state index in [0.717, 1.165) is 5.56 Å². The first-order valence-electron chi connectivity index (χ1n) is 14.8. The highest BCUT2D eigenvalue weighted by molar-refractivity contribution is 7.17. The summed E-state index contributed by atoms with van der Waals surface area (Å²) < 4.78 is 33.8. The summed E-state index contributed by atoms with van der Waals surface area (Å²) in [5, 5.41) is 7.51. The van der Waals surface area contributed by atoms with E-state index in [4.69, 9.17) is 14.2 Å². The first-order valence-corrected chi connectivity index (χ1v) is 15.7. The number of nitrogens with one attached hydrogen (secondary N) is 2. The topological polar surface area (TPSA) is 141 Å². The molecule has 4 bridgehead atoms. The molecule has 240 valence electrons. The lowest BCUT2D eigenvalue weighted by Crippen LogP contribution is -2.59. The summed E-state index contributed by atoms with van der Waals surface area (Å²) in [6.45, 7) is -0.121. The van der Waals surface area contributed by atoms with Crippen LogP contribution in [0.4, 0.5) is 4.39 Å². The highest BCUT2D eigenvalue weighted by atomic mass is 32.1. The molecule has 2 aliphatic heterocycles. The van der Waals surface area contributed by atoms with Gasteiger partial charge in [-0.25, -0.2) is 9.37 Å². The third-order valence-corrected chi connectivity index (χ3v) is 8.82. The van der Waals surface area contributed by atoms with Crippen LogP contribution >= 0.6 is 11.3 Å². The number of methoxy groups -OCH3 is 1. The van der Waals surface area contributed by atoms with Gasteiger partial charge in [0.15, 0.2) is 18.1 Å². The summed E-state index contributed by atoms with van der Waals surface area (Å²) in [4.78, 5) is 57.9. The Kier molecular flexibility index (Phi) is 9.15. The van der Waals surface area contributed by atoms with E-state index in [9.17, 15) is 23.6 Å². The number of thiophene rings is 1. The number of rotatable bonds is 3. The Morgan fingerprint density at radius 3 is 2.83 bits per heavy atom. The fourth-order valence-corrected chi connectivity index (χ4v) is 6.36. The van der Waals surface area contributed by atoms with E-state index in [1.165, 1.54) is 41.5 Å². The molecule has 0 aliphatic carbocycles. The van der Waals surface area contributed by atoms with Gasteiger partial charge in [0.1, 0.15) is 28.9 Å². The molecule has 0 radical (unpaired) electrons. The normalized spacial score (nSPS) is 19.0. The second kappa shape index (κ2) is 13.6. The van der Waals surface area contributed by atoms with Crippen LogP contribution in [-0.2, 0) is 33.9 Å². The number of fused-ring (bicyclic) bond motifs is 6. The molecule has 6 rings (SSSR count). The number of aromatic nitrogens is 2. The van der Waals surface area contributed by atoms with Gasteiger partial charge in [0.25, 0.3) is 11.5 Å². The molecule has 2 aromatic carbocycles. The van der Waals surface area contributed by atoms with Gasteiger partial charge in [0, 0.05) is 38.5 Å². The number of piperidine rings is 1. The van der Waals surface area contributed by atoms with Crippen molar-refractivity contribution in [3.63, 3.8) is 0 Å². The van der Waals surface area contributed by atoms with Gasteiger partial charge in [-0.05, 0) is 53.3 Å². The molecule has 2 aromatic heterocycles. The Hall–Kier alpha value is -4.98. The van der Waals surface area contributed by atoms with Crippen LogP contribution in [0.5, 0.6) is 17.2 Å². The standard InChI is InChI=1S/C32H32FN5O7S/c1-43-26-4-2-19-3-5-28(39)34-14-20-10-21(33)13-22(11-20)45-25-6-8-37(15-24(25)36-29(40)17-44-27(26)12-19)30(41)16-38-18-35-23-7-9-46-31(23)32(38)42/h2,4,7,9-13,18,24-25H,3,5-6,8,14-17H2,1H3,(H,34,39)(H,36,40)/t24-,25-/m1/s1. The van der Waals surface area contributed by atoms with Crippen molar-refractivity contribution >= 4 is 39.3 Å². The molecule has 14 heteroatoms. The third-order valence-electron chi connectivity index (χ3n) is 7.93. The zero-order valence-electron chi connectivity index (χ0n) is 25.0. The fourth-order valence-electron chi connectivity index (χ4n) is 5.57. The molecule has 3 amide bonds. The Bertz CT molecular complexity index is 1840. The molecule has 2 aliphatic rings. The zero-order valence-corrected chi connectivity index (χ0v) is 25.8. The molecule has 0 spiro atoms. The van der Waals surface area contributed by atoms with Crippen LogP contribution < -0.4 is 30.4 Å². The predicted octanol–water partition coefficient (Wildman–Crippen LogP) is 2.41. The molecule has 0 saturated carbocycles. The number of carbonyl (C=O) groups is 3. The van der Waals surface area contributed by atoms with E-state index in [1.54, 1.807) is 34.5 Å². The average Bonchev–Trinajstić information content (AvgIpc) is 3.53. The smallest absolute Gasteiger partial charge is 0.271 e. The molecular formula is C32H32FN5O7S. The van der Waals surface area contributed by atoms with E-state index in [2.05, 4.69) is 15.6 Å². The van der Waals surface area contributed by atoms with Gasteiger partial charge < -0.3 is 29.7 Å². The molecule has 4 heterocycles. The van der Waals surface area contributed by atoms with Gasteiger partial charge in [-0.15, -0.1) is 11.3 Å². The van der Waals surface area contributed by atoms with Crippen molar-refractivity contribution in [2.45, 2.75) is 44.5 Å². The van der Waals surface area contributed by atoms with Gasteiger partial charge in [0.2, 0.25) is 11.8 Å². The van der Waals surface area contributed by atoms with Gasteiger partial charge in [0.05, 0.1) is 25.0 Å². The van der Waals surface area contributed by atoms with Crippen molar-refractivity contribution in [1.29, 1.82) is 0 Å². The van der Waals surface area contributed by atoms with Crippen molar-refractivity contribution in [1.82, 2.24) is 25.1 Å². The Morgan fingerprint density at radius 2 is 1.98 bits per heavy atom. The number of likely N-dealkylation sites (tertiary alicyclic amines) is 1. The van der Waals surface area contributed by atoms with E-state index >= 15 is 0 Å². The Morgan fingerprint density at radius 1 is 1.11 bits per heavy atom. The largest absolute Gasteiger partial charge is 0.493 e. The van der Waals surface area contributed by atoms with Crippen LogP contribution in [0.2, 0.25) is 0 Å². The number of amides is 3. The highest BCUT2D eigenvalue weighted by Crippen LogP contribution is 2.29. The first-order chi connectivity index (χ1) is 22.2. The number of benzene rings is 2. The van der Waals surface area contributed by atoms with E-state index in [1.807, 2.05) is 6.07 Å². The molecule has 1 fully saturated rings. The van der Waals surface area contributed by atoms with Crippen LogP contribution in [0.15, 0.2) is 59.0 Å². The van der Waals surface area contributed by atoms with Gasteiger partial charge >= 0.3 is 0 Å². The van der Waals surface area contributed by atoms with Gasteiger partial charge in [-0.3, -0.25) is 23.7 Å². The second-order valence-corrected chi connectivity index (χ2v) is 12.0. The quantitative estimate of drug-likeness (QED) is 0.345. The number of hydrogen-bond acceptors (Lipinski definition) is 9. The van der Waals surface area contributed by atoms with Crippen molar-refractivity contribution in [2.24, 2.45) is 0 Å². The lowest BCUT2D eigenvalue weighted by molar-refractivity contribution is -0.136. The molecule has 0 unspecified atom stereocenters. The third kappa shape index (κ3) is 7.12. The van der Waals surface area contributed by atoms with Crippen LogP contribution in [0.3, 0.4) is 0 Å². The van der Waals surface area contributed by atoms with Crippen molar-refractivity contribution < 1.29 is 33.0 Å². The van der Waals surface area contributed by atoms with E-state index in [-0.39, 0.29) is 62.3 Å². The fraction of sp³-hybridized carbons (Fsp3) is 0.344. The zero-order chi connectivity index (χ0) is 32.2. The summed E-state index contributed by atoms with van der Waals surface area (Å²) in [5.41, 5.74) is 1.60. The Labute approximate surface area is 267 Å². The number of aryl methyl sites for hydroxylation is 1. The van der Waals surface area contributed by atoms with E-state index < -0.39 is 23.9 Å². The summed E-state index contributed by atoms with van der Waals surface area (Å²) in [7, 11) is 1.49. The minimum absolute atomic E-state index is 0.0791. The first kappa shape index (κ1) is 31.0. The number of halogens is 1. The molecule has 2 N–H and O–H groups in total. The monoisotopic (exact) mass is 649 g/mol. The van der Waals surface area contributed by atoms with Crippen LogP contribution in [0.25, 0.3) is 10.2 Å². The molecule has 1 saturated heterocycles. The van der Waals surface area contributed by atoms with Crippen molar-refractivity contribution in [3.8, 4) is 17.2 Å². The number of carbonyl (C=O) groups excluding carboxylic acids is 3. The maximum atomic E-state index is 14.6. The second-order valence-electron chi connectivity index (χ2n) is 11.1. The van der Waals surface area contributed by atoms with Gasteiger partial charge in [-0.2, -0.15) is 0 Å². The molecule has 12 nitrogen and oxygen atoms in total. The summed E-state index contributed by atoms with van der Waals surface area (Å²) in [6.07, 6.45) is 1.65. The average molecular weight is 650 g/mol. The minimum atomic E-state index is -0.693. The number of nitrogens with zero attached hydrogens (tertiary/aromatic N) is 3. The number of hydrogen-bond donors (Lipinski definition) is 2. The molecule has 2 atom stereocenters. The van der Waals surface area contributed by atoms with E-state index in [0.29, 0.717) is 40.1 Å². The van der Waals surface area contributed by atoms with Crippen molar-refractivity contribution in [3.05, 3.63) is 81.5 Å². The van der Waals surface area contributed by atoms with Crippen LogP contribution in [-0.4, -0.2) is 71.1 Å². The summed E-state index contributed by atoms with van der Waals surface area (Å²) in [5.74, 6) is -0.541. The highest BCUT2D eigenvalue weighted by Gasteiger charge is 2.34. The number of ether oxygens (including phenoxy) is 3. The molecular weight excluding hydrogens is 617 g/mol. The van der Waals surface area contributed by atoms with Gasteiger partial charge in [-0.1, -0.05) is 6.07 Å². The SMILES string of the molecule is COc1ccc2cc1OCC(=O)N[C@@H]1CN(C(=O)Cn3cnc4ccsc4c3=O)CC[C@H]1Oc1cc(F)cc(c1)CNC(=O)CC2. The van der Waals surface area contributed by atoms with Crippen LogP contribution in [0.1, 0.15) is 24.0 Å². The maximum absolute atomic E-state index is 14.6. The molecule has 46 heavy (non-hydrogen) atoms. The maximum Gasteiger partial charge on any atom is 0.271 e. The Balaban J connectivity index is 1.24. The van der Waals surface area contributed by atoms with Crippen molar-refractivity contribution in [2.75, 3.05) is 26.8 Å². The lowest BCUT2D eigenvalue weighted by Gasteiger charge is -2.39. The summed E-state index contributed by atoms with van der Waals surface area (Å²) in [6, 6.07) is 10.5. The predicted molar refractivity (Wildman–Crippen MR) is 166 cm³/mol. The minimum Gasteiger partial charge on any atom is -0.493 e. The molecule has 4 aromatic rings. The summed E-state index contributed by atoms with van der Waals surface area (Å²) >= 11 is 1.26.